The predicted molar refractivity (Wildman–Crippen MR) is 76.8 cm³/mol. The Hall–Kier alpha value is -1.82. The SMILES string of the molecule is CCCNC(Cc1ncnn1CC)c1c(F)cccc1F. The fourth-order valence-electron chi connectivity index (χ4n) is 2.33. The lowest BCUT2D eigenvalue weighted by atomic mass is 10.0. The highest BCUT2D eigenvalue weighted by molar-refractivity contribution is 5.24. The minimum atomic E-state index is -0.536. The zero-order chi connectivity index (χ0) is 15.2. The van der Waals surface area contributed by atoms with Crippen molar-refractivity contribution in [3.8, 4) is 0 Å². The van der Waals surface area contributed by atoms with Crippen molar-refractivity contribution < 1.29 is 8.78 Å². The molecule has 0 aliphatic heterocycles. The summed E-state index contributed by atoms with van der Waals surface area (Å²) in [6.07, 6.45) is 2.74. The quantitative estimate of drug-likeness (QED) is 0.854. The summed E-state index contributed by atoms with van der Waals surface area (Å²) in [6.45, 7) is 5.32. The molecule has 4 nitrogen and oxygen atoms in total. The topological polar surface area (TPSA) is 42.7 Å². The van der Waals surface area contributed by atoms with E-state index in [2.05, 4.69) is 15.4 Å². The van der Waals surface area contributed by atoms with Crippen molar-refractivity contribution in [1.29, 1.82) is 0 Å². The molecule has 1 heterocycles. The lowest BCUT2D eigenvalue weighted by Gasteiger charge is -2.20. The van der Waals surface area contributed by atoms with Gasteiger partial charge in [0.1, 0.15) is 23.8 Å². The summed E-state index contributed by atoms with van der Waals surface area (Å²) in [4.78, 5) is 4.19. The molecule has 0 saturated heterocycles. The number of aryl methyl sites for hydroxylation is 1. The molecule has 0 saturated carbocycles. The third-order valence-electron chi connectivity index (χ3n) is 3.37. The minimum Gasteiger partial charge on any atom is -0.309 e. The first-order valence-electron chi connectivity index (χ1n) is 7.21. The molecule has 1 atom stereocenters. The maximum atomic E-state index is 14.0. The van der Waals surface area contributed by atoms with Crippen LogP contribution in [-0.2, 0) is 13.0 Å². The Morgan fingerprint density at radius 2 is 1.95 bits per heavy atom. The lowest BCUT2D eigenvalue weighted by Crippen LogP contribution is -2.27. The van der Waals surface area contributed by atoms with Crippen LogP contribution in [0.4, 0.5) is 8.78 Å². The van der Waals surface area contributed by atoms with Gasteiger partial charge in [-0.15, -0.1) is 0 Å². The molecule has 0 aliphatic rings. The number of rotatable bonds is 7. The van der Waals surface area contributed by atoms with Crippen LogP contribution >= 0.6 is 0 Å². The van der Waals surface area contributed by atoms with Crippen molar-refractivity contribution in [2.75, 3.05) is 6.54 Å². The van der Waals surface area contributed by atoms with Crippen molar-refractivity contribution in [2.45, 2.75) is 39.3 Å². The summed E-state index contributed by atoms with van der Waals surface area (Å²) >= 11 is 0. The molecule has 1 unspecified atom stereocenters. The fourth-order valence-corrected chi connectivity index (χ4v) is 2.33. The van der Waals surface area contributed by atoms with Gasteiger partial charge in [-0.05, 0) is 32.0 Å². The van der Waals surface area contributed by atoms with E-state index in [1.54, 1.807) is 4.68 Å². The minimum absolute atomic E-state index is 0.0663. The predicted octanol–water partition coefficient (Wildman–Crippen LogP) is 2.86. The molecule has 0 radical (unpaired) electrons. The van der Waals surface area contributed by atoms with Crippen LogP contribution in [0.2, 0.25) is 0 Å². The fraction of sp³-hybridized carbons (Fsp3) is 0.467. The van der Waals surface area contributed by atoms with Gasteiger partial charge in [0.25, 0.3) is 0 Å². The normalized spacial score (nSPS) is 12.6. The van der Waals surface area contributed by atoms with Crippen molar-refractivity contribution >= 4 is 0 Å². The number of hydrogen-bond donors (Lipinski definition) is 1. The third kappa shape index (κ3) is 3.64. The van der Waals surface area contributed by atoms with Gasteiger partial charge in [0.15, 0.2) is 0 Å². The van der Waals surface area contributed by atoms with Crippen LogP contribution in [0.3, 0.4) is 0 Å². The van der Waals surface area contributed by atoms with Gasteiger partial charge in [-0.2, -0.15) is 5.10 Å². The van der Waals surface area contributed by atoms with E-state index in [4.69, 9.17) is 0 Å². The Morgan fingerprint density at radius 1 is 1.24 bits per heavy atom. The molecule has 6 heteroatoms. The Labute approximate surface area is 123 Å². The smallest absolute Gasteiger partial charge is 0.138 e. The summed E-state index contributed by atoms with van der Waals surface area (Å²) in [7, 11) is 0. The first kappa shape index (κ1) is 15.6. The Kier molecular flexibility index (Phi) is 5.38. The standard InChI is InChI=1S/C15H20F2N4/c1-3-8-18-13(9-14-19-10-20-21(14)4-2)15-11(16)6-5-7-12(15)17/h5-7,10,13,18H,3-4,8-9H2,1-2H3. The zero-order valence-corrected chi connectivity index (χ0v) is 12.3. The molecule has 1 aromatic carbocycles. The lowest BCUT2D eigenvalue weighted by molar-refractivity contribution is 0.449. The summed E-state index contributed by atoms with van der Waals surface area (Å²) in [5.41, 5.74) is 0.0663. The molecule has 21 heavy (non-hydrogen) atoms. The average molecular weight is 294 g/mol. The number of nitrogens with one attached hydrogen (secondary N) is 1. The van der Waals surface area contributed by atoms with E-state index >= 15 is 0 Å². The zero-order valence-electron chi connectivity index (χ0n) is 12.3. The van der Waals surface area contributed by atoms with Crippen LogP contribution in [0.15, 0.2) is 24.5 Å². The molecule has 1 N–H and O–H groups in total. The van der Waals surface area contributed by atoms with E-state index in [0.29, 0.717) is 25.3 Å². The van der Waals surface area contributed by atoms with Crippen molar-refractivity contribution in [1.82, 2.24) is 20.1 Å². The van der Waals surface area contributed by atoms with Gasteiger partial charge in [0.2, 0.25) is 0 Å². The molecule has 114 valence electrons. The molecule has 0 aliphatic carbocycles. The van der Waals surface area contributed by atoms with Gasteiger partial charge in [-0.25, -0.2) is 13.8 Å². The first-order valence-corrected chi connectivity index (χ1v) is 7.21. The summed E-state index contributed by atoms with van der Waals surface area (Å²) in [5.74, 6) is -0.355. The van der Waals surface area contributed by atoms with Crippen molar-refractivity contribution in [3.63, 3.8) is 0 Å². The number of aromatic nitrogens is 3. The Morgan fingerprint density at radius 3 is 2.57 bits per heavy atom. The highest BCUT2D eigenvalue weighted by atomic mass is 19.1. The largest absolute Gasteiger partial charge is 0.309 e. The molecule has 1 aromatic heterocycles. The number of benzene rings is 1. The second kappa shape index (κ2) is 7.26. The number of hydrogen-bond acceptors (Lipinski definition) is 3. The van der Waals surface area contributed by atoms with E-state index in [9.17, 15) is 8.78 Å². The molecule has 0 bridgehead atoms. The second-order valence-electron chi connectivity index (χ2n) is 4.84. The van der Waals surface area contributed by atoms with Crippen molar-refractivity contribution in [3.05, 3.63) is 47.5 Å². The van der Waals surface area contributed by atoms with Crippen LogP contribution in [-0.4, -0.2) is 21.3 Å². The Bertz CT molecular complexity index is 563. The average Bonchev–Trinajstić information content (AvgIpc) is 2.91. The van der Waals surface area contributed by atoms with Gasteiger partial charge in [-0.3, -0.25) is 4.68 Å². The molecule has 2 aromatic rings. The maximum absolute atomic E-state index is 14.0. The van der Waals surface area contributed by atoms with Crippen LogP contribution in [0.25, 0.3) is 0 Å². The number of nitrogens with zero attached hydrogens (tertiary/aromatic N) is 3. The van der Waals surface area contributed by atoms with E-state index in [0.717, 1.165) is 6.42 Å². The highest BCUT2D eigenvalue weighted by Crippen LogP contribution is 2.23. The highest BCUT2D eigenvalue weighted by Gasteiger charge is 2.21. The summed E-state index contributed by atoms with van der Waals surface area (Å²) in [6, 6.07) is 3.48. The van der Waals surface area contributed by atoms with E-state index < -0.39 is 17.7 Å². The van der Waals surface area contributed by atoms with E-state index in [1.165, 1.54) is 24.5 Å². The molecule has 0 amide bonds. The van der Waals surface area contributed by atoms with E-state index in [1.807, 2.05) is 13.8 Å². The Balaban J connectivity index is 2.30. The molecule has 2 rings (SSSR count). The number of halogens is 2. The summed E-state index contributed by atoms with van der Waals surface area (Å²) in [5, 5.41) is 7.29. The second-order valence-corrected chi connectivity index (χ2v) is 4.84. The van der Waals surface area contributed by atoms with Gasteiger partial charge in [0, 0.05) is 24.6 Å². The van der Waals surface area contributed by atoms with Gasteiger partial charge in [0.05, 0.1) is 0 Å². The van der Waals surface area contributed by atoms with Gasteiger partial charge >= 0.3 is 0 Å². The molecule has 0 spiro atoms. The molecular weight excluding hydrogens is 274 g/mol. The third-order valence-corrected chi connectivity index (χ3v) is 3.37. The van der Waals surface area contributed by atoms with E-state index in [-0.39, 0.29) is 5.56 Å². The molecule has 0 fully saturated rings. The van der Waals surface area contributed by atoms with Crippen LogP contribution < -0.4 is 5.32 Å². The summed E-state index contributed by atoms with van der Waals surface area (Å²) < 4.78 is 29.8. The van der Waals surface area contributed by atoms with Gasteiger partial charge < -0.3 is 5.32 Å². The molecular formula is C15H20F2N4. The monoisotopic (exact) mass is 294 g/mol. The maximum Gasteiger partial charge on any atom is 0.138 e. The first-order chi connectivity index (χ1) is 10.2. The van der Waals surface area contributed by atoms with Crippen molar-refractivity contribution in [2.24, 2.45) is 0 Å². The van der Waals surface area contributed by atoms with Crippen LogP contribution in [0.1, 0.15) is 37.7 Å². The van der Waals surface area contributed by atoms with Crippen LogP contribution in [0.5, 0.6) is 0 Å². The van der Waals surface area contributed by atoms with Gasteiger partial charge in [-0.1, -0.05) is 13.0 Å². The van der Waals surface area contributed by atoms with Crippen LogP contribution in [0, 0.1) is 11.6 Å².